The number of aromatic nitrogens is 2. The van der Waals surface area contributed by atoms with Crippen LogP contribution in [0.25, 0.3) is 0 Å². The van der Waals surface area contributed by atoms with Crippen molar-refractivity contribution in [1.82, 2.24) is 10.1 Å². The van der Waals surface area contributed by atoms with E-state index < -0.39 is 5.97 Å². The zero-order valence-electron chi connectivity index (χ0n) is 16.5. The quantitative estimate of drug-likeness (QED) is 0.633. The molecule has 2 heterocycles. The molecule has 0 bridgehead atoms. The lowest BCUT2D eigenvalue weighted by atomic mass is 10.1. The maximum absolute atomic E-state index is 12.3. The van der Waals surface area contributed by atoms with E-state index in [9.17, 15) is 14.7 Å². The van der Waals surface area contributed by atoms with Crippen LogP contribution in [0.2, 0.25) is 0 Å². The summed E-state index contributed by atoms with van der Waals surface area (Å²) in [4.78, 5) is 30.1. The molecule has 0 saturated carbocycles. The van der Waals surface area contributed by atoms with Gasteiger partial charge in [0.1, 0.15) is 17.1 Å². The van der Waals surface area contributed by atoms with Crippen molar-refractivity contribution in [3.05, 3.63) is 70.7 Å². The van der Waals surface area contributed by atoms with E-state index in [2.05, 4.69) is 15.5 Å². The van der Waals surface area contributed by atoms with Gasteiger partial charge < -0.3 is 19.8 Å². The Morgan fingerprint density at radius 3 is 2.55 bits per heavy atom. The molecule has 2 aromatic heterocycles. The van der Waals surface area contributed by atoms with Crippen LogP contribution in [0, 0.1) is 13.8 Å². The average molecular weight is 394 g/mol. The van der Waals surface area contributed by atoms with Gasteiger partial charge in [0.2, 0.25) is 0 Å². The molecule has 8 heteroatoms. The Balaban J connectivity index is 1.77. The third-order valence-corrected chi connectivity index (χ3v) is 4.63. The summed E-state index contributed by atoms with van der Waals surface area (Å²) in [6.07, 6.45) is 2.10. The first-order chi connectivity index (χ1) is 13.9. The van der Waals surface area contributed by atoms with Gasteiger partial charge in [-0.2, -0.15) is 0 Å². The largest absolute Gasteiger partial charge is 0.478 e. The lowest BCUT2D eigenvalue weighted by Crippen LogP contribution is -2.24. The highest BCUT2D eigenvalue weighted by atomic mass is 16.5. The van der Waals surface area contributed by atoms with Gasteiger partial charge in [-0.25, -0.2) is 9.78 Å². The number of aromatic carboxylic acids is 1. The Morgan fingerprint density at radius 2 is 1.93 bits per heavy atom. The van der Waals surface area contributed by atoms with Crippen LogP contribution >= 0.6 is 0 Å². The highest BCUT2D eigenvalue weighted by Gasteiger charge is 2.18. The van der Waals surface area contributed by atoms with Crippen LogP contribution in [0.1, 0.15) is 37.7 Å². The minimum atomic E-state index is -1.12. The monoisotopic (exact) mass is 394 g/mol. The lowest BCUT2D eigenvalue weighted by Gasteiger charge is -2.20. The van der Waals surface area contributed by atoms with Crippen molar-refractivity contribution in [2.24, 2.45) is 0 Å². The van der Waals surface area contributed by atoms with Gasteiger partial charge in [0.05, 0.1) is 17.6 Å². The molecule has 0 unspecified atom stereocenters. The van der Waals surface area contributed by atoms with E-state index >= 15 is 0 Å². The number of carbonyl (C=O) groups is 2. The summed E-state index contributed by atoms with van der Waals surface area (Å²) in [6.45, 7) is 4.25. The van der Waals surface area contributed by atoms with Crippen molar-refractivity contribution in [3.8, 4) is 0 Å². The molecule has 0 saturated heterocycles. The molecule has 0 spiro atoms. The lowest BCUT2D eigenvalue weighted by molar-refractivity contribution is 0.0696. The van der Waals surface area contributed by atoms with E-state index in [0.29, 0.717) is 30.0 Å². The second-order valence-corrected chi connectivity index (χ2v) is 6.69. The van der Waals surface area contributed by atoms with E-state index in [0.717, 1.165) is 17.0 Å². The molecule has 0 fully saturated rings. The molecule has 0 aliphatic rings. The fraction of sp³-hybridized carbons (Fsp3) is 0.238. The van der Waals surface area contributed by atoms with Gasteiger partial charge in [-0.3, -0.25) is 4.79 Å². The van der Waals surface area contributed by atoms with E-state index in [1.807, 2.05) is 19.9 Å². The predicted molar refractivity (Wildman–Crippen MR) is 109 cm³/mol. The second kappa shape index (κ2) is 8.55. The molecule has 1 aromatic carbocycles. The zero-order chi connectivity index (χ0) is 21.0. The summed E-state index contributed by atoms with van der Waals surface area (Å²) in [5, 5.41) is 16.2. The van der Waals surface area contributed by atoms with Crippen molar-refractivity contribution < 1.29 is 19.2 Å². The number of aryl methyl sites for hydroxylation is 2. The third kappa shape index (κ3) is 4.60. The maximum Gasteiger partial charge on any atom is 0.339 e. The molecule has 0 radical (unpaired) electrons. The standard InChI is InChI=1S/C21H22N4O4/c1-13-17(14(2)29-24-13)9-10-25(3)19-18(21(27)28)11-16(12-22-19)23-20(26)15-7-5-4-6-8-15/h4-8,11-12H,9-10H2,1-3H3,(H,23,26)(H,27,28). The Kier molecular flexibility index (Phi) is 5.92. The molecular weight excluding hydrogens is 372 g/mol. The van der Waals surface area contributed by atoms with Gasteiger partial charge >= 0.3 is 5.97 Å². The van der Waals surface area contributed by atoms with Crippen molar-refractivity contribution in [2.75, 3.05) is 23.8 Å². The summed E-state index contributed by atoms with van der Waals surface area (Å²) >= 11 is 0. The van der Waals surface area contributed by atoms with Crippen molar-refractivity contribution in [1.29, 1.82) is 0 Å². The molecule has 0 aliphatic heterocycles. The van der Waals surface area contributed by atoms with E-state index in [1.165, 1.54) is 12.3 Å². The van der Waals surface area contributed by atoms with Crippen molar-refractivity contribution >= 4 is 23.4 Å². The van der Waals surface area contributed by atoms with Gasteiger partial charge in [-0.05, 0) is 38.5 Å². The van der Waals surface area contributed by atoms with E-state index in [4.69, 9.17) is 4.52 Å². The summed E-state index contributed by atoms with van der Waals surface area (Å²) in [7, 11) is 1.77. The third-order valence-electron chi connectivity index (χ3n) is 4.63. The number of hydrogen-bond acceptors (Lipinski definition) is 6. The predicted octanol–water partition coefficient (Wildman–Crippen LogP) is 3.32. The van der Waals surface area contributed by atoms with Gasteiger partial charge in [0, 0.05) is 24.7 Å². The number of nitrogens with one attached hydrogen (secondary N) is 1. The summed E-state index contributed by atoms with van der Waals surface area (Å²) < 4.78 is 5.17. The van der Waals surface area contributed by atoms with Crippen LogP contribution in [0.5, 0.6) is 0 Å². The highest BCUT2D eigenvalue weighted by Crippen LogP contribution is 2.22. The van der Waals surface area contributed by atoms with E-state index in [1.54, 1.807) is 36.2 Å². The van der Waals surface area contributed by atoms with Crippen molar-refractivity contribution in [2.45, 2.75) is 20.3 Å². The number of likely N-dealkylation sites (N-methyl/N-ethyl adjacent to an activating group) is 1. The van der Waals surface area contributed by atoms with Gasteiger partial charge in [0.25, 0.3) is 5.91 Å². The normalized spacial score (nSPS) is 10.6. The minimum Gasteiger partial charge on any atom is -0.478 e. The average Bonchev–Trinajstić information content (AvgIpc) is 3.04. The van der Waals surface area contributed by atoms with Gasteiger partial charge in [0.15, 0.2) is 0 Å². The Labute approximate surface area is 168 Å². The molecule has 8 nitrogen and oxygen atoms in total. The second-order valence-electron chi connectivity index (χ2n) is 6.69. The number of hydrogen-bond donors (Lipinski definition) is 2. The molecule has 150 valence electrons. The number of anilines is 2. The van der Waals surface area contributed by atoms with E-state index in [-0.39, 0.29) is 11.5 Å². The van der Waals surface area contributed by atoms with Gasteiger partial charge in [-0.1, -0.05) is 23.4 Å². The molecule has 3 aromatic rings. The topological polar surface area (TPSA) is 109 Å². The number of amides is 1. The fourth-order valence-corrected chi connectivity index (χ4v) is 3.02. The number of benzene rings is 1. The Hall–Kier alpha value is -3.68. The zero-order valence-corrected chi connectivity index (χ0v) is 16.5. The molecule has 29 heavy (non-hydrogen) atoms. The van der Waals surface area contributed by atoms with Crippen LogP contribution in [0.15, 0.2) is 47.1 Å². The number of rotatable bonds is 7. The van der Waals surface area contributed by atoms with Crippen LogP contribution in [0.4, 0.5) is 11.5 Å². The first kappa shape index (κ1) is 20.1. The van der Waals surface area contributed by atoms with Crippen molar-refractivity contribution in [3.63, 3.8) is 0 Å². The summed E-state index contributed by atoms with van der Waals surface area (Å²) in [6, 6.07) is 10.1. The van der Waals surface area contributed by atoms with Gasteiger partial charge in [-0.15, -0.1) is 0 Å². The molecule has 3 rings (SSSR count). The van der Waals surface area contributed by atoms with Crippen LogP contribution in [-0.2, 0) is 6.42 Å². The number of carboxylic acid groups (broad SMARTS) is 1. The molecule has 1 amide bonds. The fourth-order valence-electron chi connectivity index (χ4n) is 3.02. The summed E-state index contributed by atoms with van der Waals surface area (Å²) in [5.74, 6) is -0.376. The first-order valence-corrected chi connectivity index (χ1v) is 9.09. The number of pyridine rings is 1. The van der Waals surface area contributed by atoms with Crippen LogP contribution in [0.3, 0.4) is 0 Å². The first-order valence-electron chi connectivity index (χ1n) is 9.09. The molecule has 2 N–H and O–H groups in total. The number of carbonyl (C=O) groups excluding carboxylic acids is 1. The van der Waals surface area contributed by atoms with Crippen LogP contribution < -0.4 is 10.2 Å². The molecular formula is C21H22N4O4. The smallest absolute Gasteiger partial charge is 0.339 e. The van der Waals surface area contributed by atoms with Crippen LogP contribution in [-0.4, -0.2) is 40.7 Å². The highest BCUT2D eigenvalue weighted by molar-refractivity contribution is 6.05. The Morgan fingerprint density at radius 1 is 1.21 bits per heavy atom. The molecule has 0 aliphatic carbocycles. The number of carboxylic acids is 1. The minimum absolute atomic E-state index is 0.0112. The number of nitrogens with zero attached hydrogens (tertiary/aromatic N) is 3. The summed E-state index contributed by atoms with van der Waals surface area (Å²) in [5.41, 5.74) is 2.63. The molecule has 0 atom stereocenters. The SMILES string of the molecule is Cc1noc(C)c1CCN(C)c1ncc(NC(=O)c2ccccc2)cc1C(=O)O. The maximum atomic E-state index is 12.3. The Bertz CT molecular complexity index is 1010.